The predicted octanol–water partition coefficient (Wildman–Crippen LogP) is 2.22. The van der Waals surface area contributed by atoms with Crippen molar-refractivity contribution in [1.29, 1.82) is 0 Å². The Balaban J connectivity index is 1.58. The van der Waals surface area contributed by atoms with Gasteiger partial charge in [0.05, 0.1) is 5.69 Å². The highest BCUT2D eigenvalue weighted by molar-refractivity contribution is 6.02. The molecule has 2 heterocycles. The first kappa shape index (κ1) is 16.8. The van der Waals surface area contributed by atoms with Crippen LogP contribution in [0.1, 0.15) is 28.9 Å². The van der Waals surface area contributed by atoms with E-state index in [2.05, 4.69) is 26.8 Å². The molecule has 1 aromatic carbocycles. The summed E-state index contributed by atoms with van der Waals surface area (Å²) in [7, 11) is 3.24. The first-order valence-electron chi connectivity index (χ1n) is 8.19. The van der Waals surface area contributed by atoms with Crippen molar-refractivity contribution in [2.45, 2.75) is 19.3 Å². The molecule has 0 atom stereocenters. The number of amides is 2. The van der Waals surface area contributed by atoms with E-state index in [0.29, 0.717) is 12.1 Å². The molecule has 3 aromatic rings. The van der Waals surface area contributed by atoms with Crippen molar-refractivity contribution in [3.05, 3.63) is 47.9 Å². The summed E-state index contributed by atoms with van der Waals surface area (Å²) in [6, 6.07) is 8.11. The Hall–Kier alpha value is -3.09. The van der Waals surface area contributed by atoms with E-state index in [9.17, 15) is 9.59 Å². The third kappa shape index (κ3) is 3.71. The molecule has 2 amide bonds. The Bertz CT molecular complexity index is 909. The number of nitrogens with one attached hydrogen (secondary N) is 3. The molecular weight excluding hydrogens is 318 g/mol. The van der Waals surface area contributed by atoms with E-state index >= 15 is 0 Å². The molecule has 0 saturated carbocycles. The quantitative estimate of drug-likeness (QED) is 0.643. The minimum atomic E-state index is -0.324. The van der Waals surface area contributed by atoms with Crippen molar-refractivity contribution >= 4 is 28.4 Å². The molecule has 0 aliphatic rings. The third-order valence-electron chi connectivity index (χ3n) is 4.07. The van der Waals surface area contributed by atoms with E-state index in [1.54, 1.807) is 13.2 Å². The molecular formula is C18H21N5O2. The van der Waals surface area contributed by atoms with Crippen LogP contribution in [0.4, 0.5) is 5.69 Å². The van der Waals surface area contributed by atoms with Gasteiger partial charge in [0.15, 0.2) is 5.69 Å². The van der Waals surface area contributed by atoms with Crippen LogP contribution in [0.25, 0.3) is 10.9 Å². The molecule has 130 valence electrons. The van der Waals surface area contributed by atoms with Crippen molar-refractivity contribution < 1.29 is 9.59 Å². The number of carbonyl (C=O) groups is 2. The number of hydrogen-bond donors (Lipinski definition) is 3. The average Bonchev–Trinajstić information content (AvgIpc) is 3.18. The summed E-state index contributed by atoms with van der Waals surface area (Å²) in [5, 5.41) is 10.6. The first-order chi connectivity index (χ1) is 12.1. The number of hydrogen-bond acceptors (Lipinski definition) is 3. The summed E-state index contributed by atoms with van der Waals surface area (Å²) in [5.41, 5.74) is 2.96. The lowest BCUT2D eigenvalue weighted by molar-refractivity contribution is -0.116. The fourth-order valence-electron chi connectivity index (χ4n) is 2.86. The number of fused-ring (bicyclic) bond motifs is 1. The van der Waals surface area contributed by atoms with E-state index in [0.717, 1.165) is 18.4 Å². The van der Waals surface area contributed by atoms with Gasteiger partial charge in [-0.25, -0.2) is 0 Å². The fourth-order valence-corrected chi connectivity index (χ4v) is 2.86. The van der Waals surface area contributed by atoms with Crippen LogP contribution in [0.5, 0.6) is 0 Å². The predicted molar refractivity (Wildman–Crippen MR) is 96.5 cm³/mol. The maximum atomic E-state index is 12.2. The van der Waals surface area contributed by atoms with Crippen LogP contribution in [0.2, 0.25) is 0 Å². The highest BCUT2D eigenvalue weighted by Gasteiger charge is 2.16. The Labute approximate surface area is 145 Å². The maximum absolute atomic E-state index is 12.2. The normalized spacial score (nSPS) is 10.8. The Morgan fingerprint density at radius 2 is 2.08 bits per heavy atom. The number of H-pyrrole nitrogens is 1. The van der Waals surface area contributed by atoms with E-state index in [1.807, 2.05) is 24.4 Å². The molecule has 0 spiro atoms. The number of para-hydroxylation sites is 1. The fraction of sp³-hybridized carbons (Fsp3) is 0.278. The smallest absolute Gasteiger partial charge is 0.273 e. The third-order valence-corrected chi connectivity index (χ3v) is 4.07. The summed E-state index contributed by atoms with van der Waals surface area (Å²) >= 11 is 0. The number of anilines is 1. The minimum Gasteiger partial charge on any atom is -0.361 e. The zero-order valence-corrected chi connectivity index (χ0v) is 14.3. The van der Waals surface area contributed by atoms with Crippen molar-refractivity contribution in [2.75, 3.05) is 12.4 Å². The van der Waals surface area contributed by atoms with E-state index in [4.69, 9.17) is 0 Å². The molecule has 0 aliphatic carbocycles. The lowest BCUT2D eigenvalue weighted by atomic mass is 10.1. The van der Waals surface area contributed by atoms with Gasteiger partial charge in [0.2, 0.25) is 5.91 Å². The van der Waals surface area contributed by atoms with Crippen LogP contribution in [-0.2, 0) is 18.3 Å². The number of benzene rings is 1. The number of aromatic nitrogens is 3. The molecule has 0 unspecified atom stereocenters. The Kier molecular flexibility index (Phi) is 4.83. The minimum absolute atomic E-state index is 0.127. The van der Waals surface area contributed by atoms with Crippen LogP contribution in [0.15, 0.2) is 36.7 Å². The average molecular weight is 339 g/mol. The molecule has 0 saturated heterocycles. The van der Waals surface area contributed by atoms with Gasteiger partial charge in [-0.3, -0.25) is 14.3 Å². The largest absolute Gasteiger partial charge is 0.361 e. The summed E-state index contributed by atoms with van der Waals surface area (Å²) in [4.78, 5) is 27.2. The van der Waals surface area contributed by atoms with E-state index in [-0.39, 0.29) is 17.5 Å². The number of nitrogens with zero attached hydrogens (tertiary/aromatic N) is 2. The number of aromatic amines is 1. The Morgan fingerprint density at radius 3 is 2.88 bits per heavy atom. The number of carbonyl (C=O) groups excluding carboxylic acids is 2. The zero-order chi connectivity index (χ0) is 17.8. The summed E-state index contributed by atoms with van der Waals surface area (Å²) in [6.45, 7) is 0. The highest BCUT2D eigenvalue weighted by Crippen LogP contribution is 2.20. The topological polar surface area (TPSA) is 91.8 Å². The van der Waals surface area contributed by atoms with Crippen LogP contribution >= 0.6 is 0 Å². The molecule has 3 rings (SSSR count). The van der Waals surface area contributed by atoms with Gasteiger partial charge in [-0.1, -0.05) is 18.2 Å². The van der Waals surface area contributed by atoms with Crippen LogP contribution in [-0.4, -0.2) is 33.6 Å². The standard InChI is InChI=1S/C18H21N5O2/c1-19-18(25)17-15(11-23(2)22-17)21-16(24)9-5-6-12-10-20-14-8-4-3-7-13(12)14/h3-4,7-8,10-11,20H,5-6,9H2,1-2H3,(H,19,25)(H,21,24). The SMILES string of the molecule is CNC(=O)c1nn(C)cc1NC(=O)CCCc1c[nH]c2ccccc12. The molecule has 2 aromatic heterocycles. The summed E-state index contributed by atoms with van der Waals surface area (Å²) < 4.78 is 1.51. The highest BCUT2D eigenvalue weighted by atomic mass is 16.2. The molecule has 3 N–H and O–H groups in total. The van der Waals surface area contributed by atoms with Gasteiger partial charge in [0.1, 0.15) is 0 Å². The summed E-state index contributed by atoms with van der Waals surface area (Å²) in [6.07, 6.45) is 5.53. The molecule has 7 nitrogen and oxygen atoms in total. The molecule has 0 bridgehead atoms. The summed E-state index contributed by atoms with van der Waals surface area (Å²) in [5.74, 6) is -0.451. The number of rotatable bonds is 6. The number of aryl methyl sites for hydroxylation is 2. The lowest BCUT2D eigenvalue weighted by Crippen LogP contribution is -2.21. The second-order valence-corrected chi connectivity index (χ2v) is 5.91. The second-order valence-electron chi connectivity index (χ2n) is 5.91. The van der Waals surface area contributed by atoms with Gasteiger partial charge in [-0.15, -0.1) is 0 Å². The first-order valence-corrected chi connectivity index (χ1v) is 8.19. The van der Waals surface area contributed by atoms with Crippen LogP contribution in [0.3, 0.4) is 0 Å². The Morgan fingerprint density at radius 1 is 1.28 bits per heavy atom. The maximum Gasteiger partial charge on any atom is 0.273 e. The zero-order valence-electron chi connectivity index (χ0n) is 14.3. The van der Waals surface area contributed by atoms with E-state index in [1.165, 1.54) is 22.7 Å². The van der Waals surface area contributed by atoms with Crippen LogP contribution in [0, 0.1) is 0 Å². The van der Waals surface area contributed by atoms with Gasteiger partial charge < -0.3 is 15.6 Å². The molecule has 0 radical (unpaired) electrons. The van der Waals surface area contributed by atoms with Crippen molar-refractivity contribution in [3.63, 3.8) is 0 Å². The monoisotopic (exact) mass is 339 g/mol. The molecule has 7 heteroatoms. The van der Waals surface area contributed by atoms with Crippen molar-refractivity contribution in [3.8, 4) is 0 Å². The van der Waals surface area contributed by atoms with Gasteiger partial charge in [0.25, 0.3) is 5.91 Å². The molecule has 25 heavy (non-hydrogen) atoms. The second kappa shape index (κ2) is 7.21. The van der Waals surface area contributed by atoms with Gasteiger partial charge in [0, 0.05) is 43.8 Å². The van der Waals surface area contributed by atoms with Gasteiger partial charge in [-0.05, 0) is 24.5 Å². The van der Waals surface area contributed by atoms with Gasteiger partial charge in [-0.2, -0.15) is 5.10 Å². The van der Waals surface area contributed by atoms with Crippen LogP contribution < -0.4 is 10.6 Å². The van der Waals surface area contributed by atoms with Crippen molar-refractivity contribution in [1.82, 2.24) is 20.1 Å². The lowest BCUT2D eigenvalue weighted by Gasteiger charge is -2.05. The van der Waals surface area contributed by atoms with E-state index < -0.39 is 0 Å². The molecule has 0 fully saturated rings. The molecule has 0 aliphatic heterocycles. The van der Waals surface area contributed by atoms with Crippen molar-refractivity contribution in [2.24, 2.45) is 7.05 Å². The van der Waals surface area contributed by atoms with Gasteiger partial charge >= 0.3 is 0 Å².